The molecule has 0 spiro atoms. The number of esters is 1. The zero-order valence-corrected chi connectivity index (χ0v) is 16.0. The molecule has 0 saturated heterocycles. The fourth-order valence-electron chi connectivity index (χ4n) is 2.25. The summed E-state index contributed by atoms with van der Waals surface area (Å²) in [4.78, 5) is 35.9. The second-order valence-electron chi connectivity index (χ2n) is 7.35. The molecular formula is C22H25NO4. The number of nitrogens with one attached hydrogen (secondary N) is 1. The van der Waals surface area contributed by atoms with Gasteiger partial charge in [0.15, 0.2) is 12.4 Å². The number of ether oxygens (including phenoxy) is 1. The van der Waals surface area contributed by atoms with Crippen molar-refractivity contribution in [1.82, 2.24) is 0 Å². The van der Waals surface area contributed by atoms with Gasteiger partial charge in [-0.25, -0.2) is 0 Å². The Hall–Kier alpha value is -2.95. The van der Waals surface area contributed by atoms with Gasteiger partial charge in [0.25, 0.3) is 0 Å². The second-order valence-corrected chi connectivity index (χ2v) is 7.35. The van der Waals surface area contributed by atoms with Crippen LogP contribution in [0.3, 0.4) is 0 Å². The molecule has 1 N–H and O–H groups in total. The van der Waals surface area contributed by atoms with Crippen molar-refractivity contribution in [2.75, 3.05) is 11.9 Å². The number of aryl methyl sites for hydroxylation is 1. The molecule has 0 aromatic heterocycles. The second kappa shape index (κ2) is 9.12. The fraction of sp³-hybridized carbons (Fsp3) is 0.318. The van der Waals surface area contributed by atoms with E-state index in [-0.39, 0.29) is 24.7 Å². The van der Waals surface area contributed by atoms with E-state index in [0.717, 1.165) is 5.56 Å². The highest BCUT2D eigenvalue weighted by Crippen LogP contribution is 2.18. The molecule has 27 heavy (non-hydrogen) atoms. The Kier molecular flexibility index (Phi) is 6.88. The summed E-state index contributed by atoms with van der Waals surface area (Å²) in [6, 6.07) is 16.2. The van der Waals surface area contributed by atoms with Gasteiger partial charge < -0.3 is 10.1 Å². The van der Waals surface area contributed by atoms with Gasteiger partial charge in [-0.2, -0.15) is 0 Å². The molecule has 5 heteroatoms. The first-order valence-corrected chi connectivity index (χ1v) is 8.90. The molecule has 0 atom stereocenters. The van der Waals surface area contributed by atoms with Gasteiger partial charge in [-0.1, -0.05) is 51.1 Å². The summed E-state index contributed by atoms with van der Waals surface area (Å²) in [6.45, 7) is 5.19. The number of amides is 1. The van der Waals surface area contributed by atoms with Gasteiger partial charge in [-0.3, -0.25) is 14.4 Å². The third-order valence-corrected chi connectivity index (χ3v) is 3.97. The van der Waals surface area contributed by atoms with E-state index in [2.05, 4.69) is 5.32 Å². The predicted molar refractivity (Wildman–Crippen MR) is 105 cm³/mol. The van der Waals surface area contributed by atoms with Crippen LogP contribution in [-0.2, 0) is 20.7 Å². The van der Waals surface area contributed by atoms with Crippen molar-refractivity contribution in [2.24, 2.45) is 5.41 Å². The highest BCUT2D eigenvalue weighted by Gasteiger charge is 2.21. The van der Waals surface area contributed by atoms with Crippen LogP contribution in [0.15, 0.2) is 54.6 Å². The Morgan fingerprint density at radius 3 is 2.15 bits per heavy atom. The van der Waals surface area contributed by atoms with Gasteiger partial charge in [-0.05, 0) is 36.2 Å². The van der Waals surface area contributed by atoms with Gasteiger partial charge in [0.05, 0.1) is 0 Å². The molecule has 2 rings (SSSR count). The van der Waals surface area contributed by atoms with Crippen molar-refractivity contribution in [1.29, 1.82) is 0 Å². The van der Waals surface area contributed by atoms with Crippen LogP contribution in [0.5, 0.6) is 0 Å². The first kappa shape index (κ1) is 20.4. The lowest BCUT2D eigenvalue weighted by Crippen LogP contribution is -2.27. The van der Waals surface area contributed by atoms with Crippen molar-refractivity contribution < 1.29 is 19.1 Å². The van der Waals surface area contributed by atoms with Crippen molar-refractivity contribution in [3.63, 3.8) is 0 Å². The van der Waals surface area contributed by atoms with Crippen molar-refractivity contribution in [2.45, 2.75) is 33.6 Å². The van der Waals surface area contributed by atoms with Crippen LogP contribution < -0.4 is 5.32 Å². The zero-order valence-electron chi connectivity index (χ0n) is 16.0. The quantitative estimate of drug-likeness (QED) is 0.592. The number of hydrogen-bond acceptors (Lipinski definition) is 4. The molecule has 0 aliphatic carbocycles. The average molecular weight is 367 g/mol. The number of benzene rings is 2. The largest absolute Gasteiger partial charge is 0.457 e. The lowest BCUT2D eigenvalue weighted by Gasteiger charge is -2.17. The van der Waals surface area contributed by atoms with E-state index < -0.39 is 11.4 Å². The molecule has 142 valence electrons. The van der Waals surface area contributed by atoms with Gasteiger partial charge in [-0.15, -0.1) is 0 Å². The van der Waals surface area contributed by atoms with E-state index in [1.807, 2.05) is 51.1 Å². The molecule has 0 aliphatic rings. The average Bonchev–Trinajstić information content (AvgIpc) is 2.65. The van der Waals surface area contributed by atoms with Gasteiger partial charge in [0, 0.05) is 23.1 Å². The Bertz CT molecular complexity index is 789. The summed E-state index contributed by atoms with van der Waals surface area (Å²) in [7, 11) is 0. The summed E-state index contributed by atoms with van der Waals surface area (Å²) in [5.41, 5.74) is 1.60. The smallest absolute Gasteiger partial charge is 0.306 e. The Morgan fingerprint density at radius 2 is 1.56 bits per heavy atom. The third-order valence-electron chi connectivity index (χ3n) is 3.97. The highest BCUT2D eigenvalue weighted by molar-refractivity contribution is 5.99. The zero-order chi connectivity index (χ0) is 19.9. The molecule has 0 unspecified atom stereocenters. The van der Waals surface area contributed by atoms with Crippen molar-refractivity contribution in [3.8, 4) is 0 Å². The number of carbonyl (C=O) groups excluding carboxylic acids is 3. The van der Waals surface area contributed by atoms with Gasteiger partial charge >= 0.3 is 5.97 Å². The van der Waals surface area contributed by atoms with Crippen LogP contribution in [-0.4, -0.2) is 24.3 Å². The van der Waals surface area contributed by atoms with E-state index in [4.69, 9.17) is 4.74 Å². The number of ketones is 1. The minimum absolute atomic E-state index is 0.103. The number of Topliss-reactive ketones (excluding diaryl/α,β-unsaturated/α-hetero) is 1. The van der Waals surface area contributed by atoms with E-state index in [1.54, 1.807) is 24.3 Å². The molecule has 5 nitrogen and oxygen atoms in total. The molecule has 2 aromatic carbocycles. The molecule has 0 bridgehead atoms. The maximum atomic E-state index is 12.2. The lowest BCUT2D eigenvalue weighted by atomic mass is 9.95. The molecule has 2 aromatic rings. The van der Waals surface area contributed by atoms with E-state index in [0.29, 0.717) is 17.7 Å². The molecule has 1 amide bonds. The maximum absolute atomic E-state index is 12.2. The molecule has 0 heterocycles. The lowest BCUT2D eigenvalue weighted by molar-refractivity contribution is -0.142. The van der Waals surface area contributed by atoms with Crippen LogP contribution in [0.1, 0.15) is 43.1 Å². The van der Waals surface area contributed by atoms with Crippen molar-refractivity contribution >= 4 is 23.3 Å². The topological polar surface area (TPSA) is 72.5 Å². The third kappa shape index (κ3) is 6.70. The number of rotatable bonds is 7. The number of hydrogen-bond donors (Lipinski definition) is 1. The number of anilines is 1. The summed E-state index contributed by atoms with van der Waals surface area (Å²) in [6.07, 6.45) is 0.811. The Labute approximate surface area is 159 Å². The van der Waals surface area contributed by atoms with E-state index >= 15 is 0 Å². The summed E-state index contributed by atoms with van der Waals surface area (Å²) in [5.74, 6) is -0.785. The van der Waals surface area contributed by atoms with E-state index in [9.17, 15) is 14.4 Å². The van der Waals surface area contributed by atoms with Crippen LogP contribution >= 0.6 is 0 Å². The normalized spacial score (nSPS) is 10.9. The SMILES string of the molecule is CC(C)(C)C(=O)Nc1ccc(C(=O)COC(=O)CCc2ccccc2)cc1. The van der Waals surface area contributed by atoms with Crippen LogP contribution in [0, 0.1) is 5.41 Å². The fourth-order valence-corrected chi connectivity index (χ4v) is 2.25. The standard InChI is InChI=1S/C22H25NO4/c1-22(2,3)21(26)23-18-12-10-17(11-13-18)19(24)15-27-20(25)14-9-16-7-5-4-6-8-16/h4-8,10-13H,9,14-15H2,1-3H3,(H,23,26). The van der Waals surface area contributed by atoms with E-state index in [1.165, 1.54) is 0 Å². The van der Waals surface area contributed by atoms with Crippen LogP contribution in [0.2, 0.25) is 0 Å². The predicted octanol–water partition coefficient (Wildman–Crippen LogP) is 4.03. The minimum atomic E-state index is -0.498. The first-order chi connectivity index (χ1) is 12.8. The highest BCUT2D eigenvalue weighted by atomic mass is 16.5. The number of carbonyl (C=O) groups is 3. The molecule has 0 fully saturated rings. The summed E-state index contributed by atoms with van der Waals surface area (Å²) in [5, 5.41) is 2.79. The minimum Gasteiger partial charge on any atom is -0.457 e. The van der Waals surface area contributed by atoms with Gasteiger partial charge in [0.1, 0.15) is 0 Å². The Balaban J connectivity index is 1.80. The van der Waals surface area contributed by atoms with Crippen LogP contribution in [0.4, 0.5) is 5.69 Å². The van der Waals surface area contributed by atoms with Crippen molar-refractivity contribution in [3.05, 3.63) is 65.7 Å². The van der Waals surface area contributed by atoms with Crippen LogP contribution in [0.25, 0.3) is 0 Å². The molecule has 0 radical (unpaired) electrons. The monoisotopic (exact) mass is 367 g/mol. The first-order valence-electron chi connectivity index (χ1n) is 8.90. The molecular weight excluding hydrogens is 342 g/mol. The summed E-state index contributed by atoms with van der Waals surface area (Å²) >= 11 is 0. The molecule has 0 saturated carbocycles. The maximum Gasteiger partial charge on any atom is 0.306 e. The van der Waals surface area contributed by atoms with Gasteiger partial charge in [0.2, 0.25) is 5.91 Å². The summed E-state index contributed by atoms with van der Waals surface area (Å²) < 4.78 is 5.06. The molecule has 0 aliphatic heterocycles. The Morgan fingerprint density at radius 1 is 0.926 bits per heavy atom.